The molecule has 1 aliphatic carbocycles. The van der Waals surface area contributed by atoms with Crippen LogP contribution in [-0.4, -0.2) is 21.6 Å². The highest BCUT2D eigenvalue weighted by molar-refractivity contribution is 5.80. The van der Waals surface area contributed by atoms with Crippen molar-refractivity contribution in [3.63, 3.8) is 0 Å². The zero-order chi connectivity index (χ0) is 16.9. The third kappa shape index (κ3) is 3.83. The maximum absolute atomic E-state index is 12.5. The van der Waals surface area contributed by atoms with Gasteiger partial charge in [0.15, 0.2) is 0 Å². The summed E-state index contributed by atoms with van der Waals surface area (Å²) < 4.78 is 6.94. The van der Waals surface area contributed by atoms with E-state index in [4.69, 9.17) is 4.74 Å². The fraction of sp³-hybridized carbons (Fsp3) is 0.526. The molecule has 0 bridgehead atoms. The second kappa shape index (κ2) is 7.60. The number of fused-ring (bicyclic) bond motifs is 1. The first-order valence-corrected chi connectivity index (χ1v) is 8.79. The summed E-state index contributed by atoms with van der Waals surface area (Å²) in [6, 6.07) is 5.49. The highest BCUT2D eigenvalue weighted by Crippen LogP contribution is 2.19. The first kappa shape index (κ1) is 16.7. The van der Waals surface area contributed by atoms with Gasteiger partial charge in [-0.15, -0.1) is 0 Å². The van der Waals surface area contributed by atoms with Crippen LogP contribution in [0.1, 0.15) is 50.5 Å². The average molecular weight is 328 g/mol. The molecule has 0 spiro atoms. The van der Waals surface area contributed by atoms with Gasteiger partial charge in [0.05, 0.1) is 17.2 Å². The van der Waals surface area contributed by atoms with Crippen LogP contribution in [0.4, 0.5) is 0 Å². The molecule has 1 aliphatic rings. The molecular weight excluding hydrogens is 304 g/mol. The number of ether oxygens (including phenoxy) is 1. The topological polar surface area (TPSA) is 61.2 Å². The molecule has 0 saturated heterocycles. The zero-order valence-electron chi connectivity index (χ0n) is 14.2. The van der Waals surface area contributed by atoms with Crippen molar-refractivity contribution in [2.24, 2.45) is 0 Å². The van der Waals surface area contributed by atoms with E-state index < -0.39 is 0 Å². The van der Waals surface area contributed by atoms with Crippen LogP contribution in [-0.2, 0) is 16.1 Å². The highest BCUT2D eigenvalue weighted by Gasteiger charge is 2.17. The van der Waals surface area contributed by atoms with Crippen molar-refractivity contribution in [1.29, 1.82) is 0 Å². The van der Waals surface area contributed by atoms with E-state index >= 15 is 0 Å². The van der Waals surface area contributed by atoms with Crippen LogP contribution < -0.4 is 5.56 Å². The van der Waals surface area contributed by atoms with Crippen molar-refractivity contribution >= 4 is 16.9 Å². The van der Waals surface area contributed by atoms with Gasteiger partial charge in [-0.05, 0) is 44.2 Å². The Bertz CT molecular complexity index is 774. The van der Waals surface area contributed by atoms with E-state index in [-0.39, 0.29) is 24.2 Å². The standard InChI is InChI=1S/C19H24N2O3/c1-14-8-7-11-16-18(14)20-13-21(19(16)23)12-17(22)24-15-9-5-3-2-4-6-10-15/h7-8,11,13,15H,2-6,9-10,12H2,1H3. The Labute approximate surface area is 141 Å². The SMILES string of the molecule is Cc1cccc2c(=O)n(CC(=O)OC3CCCCCCC3)cnc12. The lowest BCUT2D eigenvalue weighted by atomic mass is 9.99. The summed E-state index contributed by atoms with van der Waals surface area (Å²) in [4.78, 5) is 29.1. The van der Waals surface area contributed by atoms with Crippen LogP contribution >= 0.6 is 0 Å². The lowest BCUT2D eigenvalue weighted by molar-refractivity contribution is -0.150. The molecule has 0 atom stereocenters. The van der Waals surface area contributed by atoms with Crippen molar-refractivity contribution in [3.8, 4) is 0 Å². The molecule has 5 heteroatoms. The molecule has 24 heavy (non-hydrogen) atoms. The van der Waals surface area contributed by atoms with E-state index in [1.165, 1.54) is 30.2 Å². The maximum Gasteiger partial charge on any atom is 0.326 e. The molecule has 0 aliphatic heterocycles. The average Bonchev–Trinajstić information content (AvgIpc) is 2.53. The summed E-state index contributed by atoms with van der Waals surface area (Å²) >= 11 is 0. The maximum atomic E-state index is 12.5. The van der Waals surface area contributed by atoms with Crippen LogP contribution in [0.15, 0.2) is 29.3 Å². The fourth-order valence-electron chi connectivity index (χ4n) is 3.35. The number of rotatable bonds is 3. The van der Waals surface area contributed by atoms with Crippen LogP contribution in [0.3, 0.4) is 0 Å². The van der Waals surface area contributed by atoms with Crippen molar-refractivity contribution in [1.82, 2.24) is 9.55 Å². The van der Waals surface area contributed by atoms with E-state index in [1.54, 1.807) is 6.07 Å². The Kier molecular flexibility index (Phi) is 5.28. The summed E-state index contributed by atoms with van der Waals surface area (Å²) in [6.07, 6.45) is 9.19. The second-order valence-corrected chi connectivity index (χ2v) is 6.61. The Morgan fingerprint density at radius 1 is 1.21 bits per heavy atom. The minimum Gasteiger partial charge on any atom is -0.461 e. The smallest absolute Gasteiger partial charge is 0.326 e. The van der Waals surface area contributed by atoms with E-state index in [0.29, 0.717) is 10.9 Å². The lowest BCUT2D eigenvalue weighted by Crippen LogP contribution is -2.28. The molecule has 0 N–H and O–H groups in total. The fourth-order valence-corrected chi connectivity index (χ4v) is 3.35. The van der Waals surface area contributed by atoms with Gasteiger partial charge in [0.1, 0.15) is 12.6 Å². The summed E-state index contributed by atoms with van der Waals surface area (Å²) in [5.74, 6) is -0.350. The summed E-state index contributed by atoms with van der Waals surface area (Å²) in [5, 5.41) is 0.538. The molecular formula is C19H24N2O3. The van der Waals surface area contributed by atoms with Gasteiger partial charge in [-0.3, -0.25) is 14.2 Å². The number of esters is 1. The molecule has 2 aromatic rings. The van der Waals surface area contributed by atoms with Crippen LogP contribution in [0, 0.1) is 6.92 Å². The van der Waals surface area contributed by atoms with Crippen molar-refractivity contribution in [3.05, 3.63) is 40.4 Å². The minimum atomic E-state index is -0.350. The Hall–Kier alpha value is -2.17. The monoisotopic (exact) mass is 328 g/mol. The first-order valence-electron chi connectivity index (χ1n) is 8.79. The van der Waals surface area contributed by atoms with Gasteiger partial charge in [0, 0.05) is 0 Å². The molecule has 128 valence electrons. The molecule has 0 radical (unpaired) electrons. The molecule has 1 aromatic heterocycles. The summed E-state index contributed by atoms with van der Waals surface area (Å²) in [6.45, 7) is 1.84. The molecule has 1 aromatic carbocycles. The number of hydrogen-bond acceptors (Lipinski definition) is 4. The van der Waals surface area contributed by atoms with E-state index in [0.717, 1.165) is 31.2 Å². The number of carbonyl (C=O) groups excluding carboxylic acids is 1. The van der Waals surface area contributed by atoms with Crippen LogP contribution in [0.5, 0.6) is 0 Å². The van der Waals surface area contributed by atoms with E-state index in [1.807, 2.05) is 19.1 Å². The highest BCUT2D eigenvalue weighted by atomic mass is 16.5. The normalized spacial score (nSPS) is 16.5. The van der Waals surface area contributed by atoms with Crippen LogP contribution in [0.2, 0.25) is 0 Å². The molecule has 1 saturated carbocycles. The number of nitrogens with zero attached hydrogens (tertiary/aromatic N) is 2. The molecule has 3 rings (SSSR count). The van der Waals surface area contributed by atoms with Gasteiger partial charge < -0.3 is 4.74 Å². The molecule has 5 nitrogen and oxygen atoms in total. The number of para-hydroxylation sites is 1. The number of hydrogen-bond donors (Lipinski definition) is 0. The van der Waals surface area contributed by atoms with Crippen LogP contribution in [0.25, 0.3) is 10.9 Å². The minimum absolute atomic E-state index is 0.0100. The van der Waals surface area contributed by atoms with Gasteiger partial charge in [-0.1, -0.05) is 31.4 Å². The third-order valence-corrected chi connectivity index (χ3v) is 4.71. The Balaban J connectivity index is 1.71. The number of aryl methyl sites for hydroxylation is 1. The van der Waals surface area contributed by atoms with Gasteiger partial charge in [-0.25, -0.2) is 4.98 Å². The zero-order valence-corrected chi connectivity index (χ0v) is 14.2. The summed E-state index contributed by atoms with van der Waals surface area (Å²) in [5.41, 5.74) is 1.44. The van der Waals surface area contributed by atoms with Crippen molar-refractivity contribution < 1.29 is 9.53 Å². The molecule has 1 fully saturated rings. The first-order chi connectivity index (χ1) is 11.6. The van der Waals surface area contributed by atoms with E-state index in [2.05, 4.69) is 4.98 Å². The predicted molar refractivity (Wildman–Crippen MR) is 92.9 cm³/mol. The largest absolute Gasteiger partial charge is 0.461 e. The molecule has 0 unspecified atom stereocenters. The number of aromatic nitrogens is 2. The molecule has 0 amide bonds. The Morgan fingerprint density at radius 2 is 1.92 bits per heavy atom. The van der Waals surface area contributed by atoms with Gasteiger partial charge in [0.2, 0.25) is 0 Å². The third-order valence-electron chi connectivity index (χ3n) is 4.71. The van der Waals surface area contributed by atoms with Gasteiger partial charge in [-0.2, -0.15) is 0 Å². The quantitative estimate of drug-likeness (QED) is 0.811. The lowest BCUT2D eigenvalue weighted by Gasteiger charge is -2.20. The molecule has 1 heterocycles. The van der Waals surface area contributed by atoms with Crippen molar-refractivity contribution in [2.75, 3.05) is 0 Å². The van der Waals surface area contributed by atoms with E-state index in [9.17, 15) is 9.59 Å². The Morgan fingerprint density at radius 3 is 2.67 bits per heavy atom. The van der Waals surface area contributed by atoms with Crippen molar-refractivity contribution in [2.45, 2.75) is 64.5 Å². The number of carbonyl (C=O) groups is 1. The van der Waals surface area contributed by atoms with Gasteiger partial charge in [0.25, 0.3) is 5.56 Å². The summed E-state index contributed by atoms with van der Waals surface area (Å²) in [7, 11) is 0. The number of benzene rings is 1. The predicted octanol–water partition coefficient (Wildman–Crippen LogP) is 3.36. The van der Waals surface area contributed by atoms with Gasteiger partial charge >= 0.3 is 5.97 Å². The second-order valence-electron chi connectivity index (χ2n) is 6.61.